The molecule has 2 aromatic rings. The van der Waals surface area contributed by atoms with E-state index in [1.54, 1.807) is 30.3 Å². The van der Waals surface area contributed by atoms with Crippen LogP contribution >= 0.6 is 11.6 Å². The second kappa shape index (κ2) is 12.5. The van der Waals surface area contributed by atoms with Gasteiger partial charge in [-0.25, -0.2) is 0 Å². The van der Waals surface area contributed by atoms with Crippen molar-refractivity contribution in [3.8, 4) is 0 Å². The van der Waals surface area contributed by atoms with E-state index < -0.39 is 67.0 Å². The van der Waals surface area contributed by atoms with Crippen LogP contribution in [-0.4, -0.2) is 75.9 Å². The van der Waals surface area contributed by atoms with E-state index in [2.05, 4.69) is 10.6 Å². The summed E-state index contributed by atoms with van der Waals surface area (Å²) >= 11 is 5.81. The number of carbonyl (C=O) groups excluding carboxylic acids is 3. The lowest BCUT2D eigenvalue weighted by molar-refractivity contribution is -0.383. The van der Waals surface area contributed by atoms with Crippen molar-refractivity contribution in [2.24, 2.45) is 0 Å². The van der Waals surface area contributed by atoms with Crippen LogP contribution in [0, 0.1) is 0 Å². The standard InChI is InChI=1S/C25H29ClN2O9/c1-14(29)28-20-18(30)11-25(24(34)35,36-13-15-5-3-2-4-6-15)37-22(20)21(32)19(31)12-27-23(33)16-7-9-17(26)10-8-16/h2-10,18-22,30-32H,11-13H2,1H3,(H,27,33)(H,28,29)(H,34,35)/p-1/t18-,19+,20+,21+,22+,25-/m0/s1. The number of carboxylic acids is 1. The maximum Gasteiger partial charge on any atom is 0.251 e. The third-order valence-corrected chi connectivity index (χ3v) is 6.13. The molecular formula is C25H28ClN2O9-. The summed E-state index contributed by atoms with van der Waals surface area (Å²) in [4.78, 5) is 36.2. The van der Waals surface area contributed by atoms with Crippen LogP contribution < -0.4 is 15.7 Å². The Balaban J connectivity index is 1.77. The van der Waals surface area contributed by atoms with Crippen molar-refractivity contribution in [3.63, 3.8) is 0 Å². The van der Waals surface area contributed by atoms with Crippen LogP contribution in [0.5, 0.6) is 0 Å². The molecule has 0 spiro atoms. The van der Waals surface area contributed by atoms with Gasteiger partial charge in [0.15, 0.2) is 0 Å². The molecule has 11 nitrogen and oxygen atoms in total. The minimum Gasteiger partial charge on any atom is -0.544 e. The number of rotatable bonds is 10. The van der Waals surface area contributed by atoms with Crippen molar-refractivity contribution in [1.29, 1.82) is 0 Å². The molecule has 37 heavy (non-hydrogen) atoms. The molecule has 0 aromatic heterocycles. The van der Waals surface area contributed by atoms with Crippen LogP contribution in [-0.2, 0) is 25.7 Å². The van der Waals surface area contributed by atoms with Crippen molar-refractivity contribution in [3.05, 3.63) is 70.7 Å². The van der Waals surface area contributed by atoms with Gasteiger partial charge < -0.3 is 45.3 Å². The van der Waals surface area contributed by atoms with E-state index >= 15 is 0 Å². The molecule has 2 aromatic carbocycles. The number of carbonyl (C=O) groups is 3. The zero-order valence-corrected chi connectivity index (χ0v) is 20.6. The maximum atomic E-state index is 12.4. The highest BCUT2D eigenvalue weighted by atomic mass is 35.5. The lowest BCUT2D eigenvalue weighted by Gasteiger charge is -2.48. The van der Waals surface area contributed by atoms with Crippen molar-refractivity contribution < 1.29 is 44.3 Å². The second-order valence-electron chi connectivity index (χ2n) is 8.67. The van der Waals surface area contributed by atoms with Gasteiger partial charge >= 0.3 is 0 Å². The van der Waals surface area contributed by atoms with Gasteiger partial charge in [-0.1, -0.05) is 41.9 Å². The molecule has 0 saturated carbocycles. The highest BCUT2D eigenvalue weighted by Gasteiger charge is 2.52. The summed E-state index contributed by atoms with van der Waals surface area (Å²) in [7, 11) is 0. The van der Waals surface area contributed by atoms with Gasteiger partial charge in [-0.3, -0.25) is 9.59 Å². The zero-order valence-electron chi connectivity index (χ0n) is 19.9. The zero-order chi connectivity index (χ0) is 27.2. The van der Waals surface area contributed by atoms with E-state index in [0.717, 1.165) is 6.92 Å². The predicted molar refractivity (Wildman–Crippen MR) is 128 cm³/mol. The van der Waals surface area contributed by atoms with Crippen LogP contribution in [0.15, 0.2) is 54.6 Å². The number of hydrogen-bond acceptors (Lipinski definition) is 9. The maximum absolute atomic E-state index is 12.4. The number of hydrogen-bond donors (Lipinski definition) is 5. The van der Waals surface area contributed by atoms with Gasteiger partial charge in [0.2, 0.25) is 11.7 Å². The molecule has 1 saturated heterocycles. The third kappa shape index (κ3) is 7.25. The number of carboxylic acid groups (broad SMARTS) is 1. The van der Waals surface area contributed by atoms with Gasteiger partial charge in [0.05, 0.1) is 24.9 Å². The van der Waals surface area contributed by atoms with Gasteiger partial charge in [0.25, 0.3) is 5.91 Å². The second-order valence-corrected chi connectivity index (χ2v) is 9.11. The molecule has 0 bridgehead atoms. The van der Waals surface area contributed by atoms with Crippen LogP contribution in [0.1, 0.15) is 29.3 Å². The normalized spacial score (nSPS) is 25.1. The van der Waals surface area contributed by atoms with Gasteiger partial charge in [-0.15, -0.1) is 0 Å². The summed E-state index contributed by atoms with van der Waals surface area (Å²) in [5, 5.41) is 49.6. The number of aliphatic hydroxyl groups excluding tert-OH is 3. The van der Waals surface area contributed by atoms with Crippen LogP contribution in [0.2, 0.25) is 5.02 Å². The summed E-state index contributed by atoms with van der Waals surface area (Å²) in [6.45, 7) is 0.467. The highest BCUT2D eigenvalue weighted by molar-refractivity contribution is 6.30. The average Bonchev–Trinajstić information content (AvgIpc) is 2.87. The molecule has 5 N–H and O–H groups in total. The number of ether oxygens (including phenoxy) is 2. The first-order chi connectivity index (χ1) is 17.5. The Kier molecular flexibility index (Phi) is 9.60. The number of amides is 2. The Hall–Kier alpha value is -3.06. The molecular weight excluding hydrogens is 508 g/mol. The van der Waals surface area contributed by atoms with Crippen molar-refractivity contribution in [1.82, 2.24) is 10.6 Å². The van der Waals surface area contributed by atoms with Crippen molar-refractivity contribution >= 4 is 29.4 Å². The quantitative estimate of drug-likeness (QED) is 0.258. The first kappa shape index (κ1) is 28.5. The van der Waals surface area contributed by atoms with Gasteiger partial charge in [-0.05, 0) is 29.8 Å². The molecule has 1 aliphatic rings. The Bertz CT molecular complexity index is 1090. The minimum absolute atomic E-state index is 0.227. The number of aliphatic carboxylic acids is 1. The fourth-order valence-corrected chi connectivity index (χ4v) is 4.08. The first-order valence-electron chi connectivity index (χ1n) is 11.4. The fraction of sp³-hybridized carbons (Fsp3) is 0.400. The SMILES string of the molecule is CC(=O)N[C@H]1[C@H]([C@H](O)[C@H](O)CNC(=O)c2ccc(Cl)cc2)O[C@](OCc2ccccc2)(C(=O)[O-])C[C@@H]1O. The Morgan fingerprint density at radius 1 is 1.16 bits per heavy atom. The topological polar surface area (TPSA) is 177 Å². The average molecular weight is 536 g/mol. The van der Waals surface area contributed by atoms with Gasteiger partial charge in [-0.2, -0.15) is 0 Å². The van der Waals surface area contributed by atoms with Gasteiger partial charge in [0.1, 0.15) is 18.2 Å². The summed E-state index contributed by atoms with van der Waals surface area (Å²) < 4.78 is 11.2. The van der Waals surface area contributed by atoms with Crippen LogP contribution in [0.3, 0.4) is 0 Å². The molecule has 200 valence electrons. The summed E-state index contributed by atoms with van der Waals surface area (Å²) in [5.74, 6) is -5.48. The Labute approximate surface area is 218 Å². The van der Waals surface area contributed by atoms with E-state index in [1.165, 1.54) is 24.3 Å². The van der Waals surface area contributed by atoms with E-state index in [-0.39, 0.29) is 12.2 Å². The van der Waals surface area contributed by atoms with Gasteiger partial charge in [0, 0.05) is 30.5 Å². The molecule has 0 unspecified atom stereocenters. The van der Waals surface area contributed by atoms with E-state index in [4.69, 9.17) is 21.1 Å². The minimum atomic E-state index is -2.50. The number of benzene rings is 2. The molecule has 1 fully saturated rings. The monoisotopic (exact) mass is 535 g/mol. The largest absolute Gasteiger partial charge is 0.544 e. The number of halogens is 1. The smallest absolute Gasteiger partial charge is 0.251 e. The molecule has 2 amide bonds. The summed E-state index contributed by atoms with van der Waals surface area (Å²) in [6, 6.07) is 13.2. The fourth-order valence-electron chi connectivity index (χ4n) is 3.96. The third-order valence-electron chi connectivity index (χ3n) is 5.88. The van der Waals surface area contributed by atoms with Crippen LogP contribution in [0.4, 0.5) is 0 Å². The van der Waals surface area contributed by atoms with E-state index in [9.17, 15) is 34.8 Å². The number of aliphatic hydroxyl groups is 3. The molecule has 12 heteroatoms. The highest BCUT2D eigenvalue weighted by Crippen LogP contribution is 2.33. The molecule has 3 rings (SSSR count). The Morgan fingerprint density at radius 3 is 2.41 bits per heavy atom. The Morgan fingerprint density at radius 2 is 1.81 bits per heavy atom. The molecule has 0 radical (unpaired) electrons. The molecule has 1 aliphatic heterocycles. The number of nitrogens with one attached hydrogen (secondary N) is 2. The van der Waals surface area contributed by atoms with Crippen LogP contribution in [0.25, 0.3) is 0 Å². The van der Waals surface area contributed by atoms with E-state index in [1.807, 2.05) is 0 Å². The predicted octanol–water partition coefficient (Wildman–Crippen LogP) is -0.891. The summed E-state index contributed by atoms with van der Waals surface area (Å²) in [6.07, 6.45) is -7.38. The first-order valence-corrected chi connectivity index (χ1v) is 11.8. The summed E-state index contributed by atoms with van der Waals surface area (Å²) in [5.41, 5.74) is 0.851. The molecule has 1 heterocycles. The van der Waals surface area contributed by atoms with Crippen molar-refractivity contribution in [2.45, 2.75) is 56.2 Å². The lowest BCUT2D eigenvalue weighted by atomic mass is 9.88. The van der Waals surface area contributed by atoms with Crippen molar-refractivity contribution in [2.75, 3.05) is 6.54 Å². The van der Waals surface area contributed by atoms with E-state index in [0.29, 0.717) is 10.6 Å². The molecule has 6 atom stereocenters. The molecule has 0 aliphatic carbocycles. The lowest BCUT2D eigenvalue weighted by Crippen LogP contribution is -2.69.